The van der Waals surface area contributed by atoms with Crippen molar-refractivity contribution in [3.63, 3.8) is 0 Å². The van der Waals surface area contributed by atoms with E-state index in [4.69, 9.17) is 9.47 Å². The van der Waals surface area contributed by atoms with E-state index < -0.39 is 11.9 Å². The molecule has 1 heterocycles. The van der Waals surface area contributed by atoms with E-state index in [-0.39, 0.29) is 6.54 Å². The van der Waals surface area contributed by atoms with Crippen molar-refractivity contribution in [1.29, 1.82) is 0 Å². The van der Waals surface area contributed by atoms with Gasteiger partial charge in [0.05, 0.1) is 42.1 Å². The number of nitrogens with zero attached hydrogens (tertiary/aromatic N) is 3. The zero-order chi connectivity index (χ0) is 24.8. The number of esters is 1. The number of methoxy groups -OCH3 is 1. The van der Waals surface area contributed by atoms with Gasteiger partial charge in [0.2, 0.25) is 0 Å². The van der Waals surface area contributed by atoms with Crippen molar-refractivity contribution in [2.45, 2.75) is 19.9 Å². The quantitative estimate of drug-likeness (QED) is 0.214. The van der Waals surface area contributed by atoms with Crippen LogP contribution in [0.3, 0.4) is 0 Å². The average molecular weight is 473 g/mol. The van der Waals surface area contributed by atoms with Gasteiger partial charge in [0.1, 0.15) is 0 Å². The lowest BCUT2D eigenvalue weighted by Gasteiger charge is -2.14. The van der Waals surface area contributed by atoms with Gasteiger partial charge >= 0.3 is 5.97 Å². The Bertz CT molecular complexity index is 1380. The molecular weight excluding hydrogens is 448 g/mol. The van der Waals surface area contributed by atoms with Gasteiger partial charge in [0.15, 0.2) is 0 Å². The van der Waals surface area contributed by atoms with Gasteiger partial charge in [-0.15, -0.1) is 4.91 Å². The highest BCUT2D eigenvalue weighted by molar-refractivity contribution is 6.03. The Morgan fingerprint density at radius 3 is 2.54 bits per heavy atom. The Hall–Kier alpha value is -4.53. The number of carbonyl (C=O) groups excluding carboxylic acids is 2. The zero-order valence-electron chi connectivity index (χ0n) is 19.4. The summed E-state index contributed by atoms with van der Waals surface area (Å²) in [6.45, 7) is 2.69. The van der Waals surface area contributed by atoms with E-state index in [2.05, 4.69) is 10.3 Å². The molecule has 0 radical (unpaired) electrons. The third-order valence-corrected chi connectivity index (χ3v) is 5.47. The van der Waals surface area contributed by atoms with E-state index in [0.717, 1.165) is 17.5 Å². The second kappa shape index (κ2) is 10.6. The first kappa shape index (κ1) is 23.6. The first-order chi connectivity index (χ1) is 17.1. The van der Waals surface area contributed by atoms with Gasteiger partial charge in [-0.2, -0.15) is 4.98 Å². The molecule has 9 nitrogen and oxygen atoms in total. The summed E-state index contributed by atoms with van der Waals surface area (Å²) in [7, 11) is 1.32. The van der Waals surface area contributed by atoms with Crippen LogP contribution in [0.1, 0.15) is 39.6 Å². The highest BCUT2D eigenvalue weighted by Gasteiger charge is 2.21. The van der Waals surface area contributed by atoms with Gasteiger partial charge in [0, 0.05) is 5.56 Å². The van der Waals surface area contributed by atoms with Gasteiger partial charge in [-0.1, -0.05) is 55.5 Å². The molecule has 9 heteroatoms. The molecule has 1 N–H and O–H groups in total. The van der Waals surface area contributed by atoms with E-state index in [1.807, 2.05) is 54.8 Å². The van der Waals surface area contributed by atoms with Crippen LogP contribution < -0.4 is 10.2 Å². The van der Waals surface area contributed by atoms with Crippen molar-refractivity contribution >= 4 is 22.9 Å². The van der Waals surface area contributed by atoms with Crippen LogP contribution in [-0.4, -0.2) is 35.1 Å². The van der Waals surface area contributed by atoms with E-state index in [1.54, 1.807) is 28.8 Å². The number of hydrogen-bond acceptors (Lipinski definition) is 7. The first-order valence-corrected chi connectivity index (χ1v) is 11.1. The van der Waals surface area contributed by atoms with E-state index in [0.29, 0.717) is 40.3 Å². The van der Waals surface area contributed by atoms with Crippen LogP contribution in [0.25, 0.3) is 22.2 Å². The molecule has 1 amide bonds. The number of imidazole rings is 1. The number of rotatable bonds is 9. The number of hydrogen-bond donors (Lipinski definition) is 1. The number of amides is 1. The lowest BCUT2D eigenvalue weighted by atomic mass is 9.97. The smallest absolute Gasteiger partial charge is 0.340 e. The van der Waals surface area contributed by atoms with E-state index in [1.165, 1.54) is 7.11 Å². The highest BCUT2D eigenvalue weighted by atomic mass is 16.5. The van der Waals surface area contributed by atoms with Crippen molar-refractivity contribution in [2.24, 2.45) is 5.29 Å². The van der Waals surface area contributed by atoms with Gasteiger partial charge in [-0.3, -0.25) is 9.36 Å². The number of fused-ring (bicyclic) bond motifs is 1. The monoisotopic (exact) mass is 472 g/mol. The second-order valence-electron chi connectivity index (χ2n) is 7.77. The molecule has 0 aliphatic heterocycles. The van der Waals surface area contributed by atoms with Crippen molar-refractivity contribution in [2.75, 3.05) is 13.7 Å². The van der Waals surface area contributed by atoms with Crippen molar-refractivity contribution in [1.82, 2.24) is 15.0 Å². The maximum Gasteiger partial charge on any atom is 0.340 e. The molecule has 0 fully saturated rings. The third kappa shape index (κ3) is 4.89. The number of para-hydroxylation sites is 1. The van der Waals surface area contributed by atoms with Gasteiger partial charge in [-0.05, 0) is 41.3 Å². The lowest BCUT2D eigenvalue weighted by Crippen LogP contribution is -2.18. The molecule has 0 aliphatic carbocycles. The van der Waals surface area contributed by atoms with Crippen molar-refractivity contribution < 1.29 is 19.1 Å². The summed E-state index contributed by atoms with van der Waals surface area (Å²) in [5.41, 5.74) is 6.00. The Kier molecular flexibility index (Phi) is 7.15. The maximum absolute atomic E-state index is 12.7. The van der Waals surface area contributed by atoms with Crippen molar-refractivity contribution in [3.05, 3.63) is 88.3 Å². The molecule has 0 bridgehead atoms. The molecule has 35 heavy (non-hydrogen) atoms. The normalized spacial score (nSPS) is 10.7. The SMILES string of the molecule is CCCOc1nc2cccc(C(=O)OC)c2n1Cc1ccc(-c2ccccc2)c(C(=O)NN=O)c1. The molecule has 4 rings (SSSR count). The minimum Gasteiger partial charge on any atom is -0.465 e. The number of benzene rings is 3. The summed E-state index contributed by atoms with van der Waals surface area (Å²) >= 11 is 0. The second-order valence-corrected chi connectivity index (χ2v) is 7.77. The Labute approximate surface area is 201 Å². The van der Waals surface area contributed by atoms with Crippen LogP contribution in [0, 0.1) is 4.91 Å². The van der Waals surface area contributed by atoms with Crippen LogP contribution in [0.15, 0.2) is 72.0 Å². The highest BCUT2D eigenvalue weighted by Crippen LogP contribution is 2.29. The van der Waals surface area contributed by atoms with Crippen molar-refractivity contribution in [3.8, 4) is 17.1 Å². The van der Waals surface area contributed by atoms with E-state index in [9.17, 15) is 14.5 Å². The topological polar surface area (TPSA) is 112 Å². The fourth-order valence-corrected chi connectivity index (χ4v) is 3.92. The maximum atomic E-state index is 12.7. The van der Waals surface area contributed by atoms with Crippen LogP contribution in [0.2, 0.25) is 0 Å². The molecule has 0 saturated carbocycles. The summed E-state index contributed by atoms with van der Waals surface area (Å²) in [6.07, 6.45) is 0.780. The minimum atomic E-state index is -0.617. The average Bonchev–Trinajstić information content (AvgIpc) is 3.24. The number of ether oxygens (including phenoxy) is 2. The molecule has 178 valence electrons. The largest absolute Gasteiger partial charge is 0.465 e. The fraction of sp³-hybridized carbons (Fsp3) is 0.192. The predicted octanol–water partition coefficient (Wildman–Crippen LogP) is 4.74. The summed E-state index contributed by atoms with van der Waals surface area (Å²) < 4.78 is 12.6. The molecular formula is C26H24N4O5. The summed E-state index contributed by atoms with van der Waals surface area (Å²) in [6, 6.07) is 20.3. The molecule has 4 aromatic rings. The molecule has 1 aromatic heterocycles. The lowest BCUT2D eigenvalue weighted by molar-refractivity contribution is 0.0602. The molecule has 3 aromatic carbocycles. The fourth-order valence-electron chi connectivity index (χ4n) is 3.92. The first-order valence-electron chi connectivity index (χ1n) is 11.1. The Morgan fingerprint density at radius 2 is 1.83 bits per heavy atom. The van der Waals surface area contributed by atoms with Gasteiger partial charge < -0.3 is 9.47 Å². The minimum absolute atomic E-state index is 0.257. The van der Waals surface area contributed by atoms with Crippen LogP contribution in [0.4, 0.5) is 0 Å². The van der Waals surface area contributed by atoms with Crippen LogP contribution in [0.5, 0.6) is 6.01 Å². The summed E-state index contributed by atoms with van der Waals surface area (Å²) in [5.74, 6) is -1.11. The molecule has 0 saturated heterocycles. The third-order valence-electron chi connectivity index (χ3n) is 5.47. The Morgan fingerprint density at radius 1 is 1.03 bits per heavy atom. The summed E-state index contributed by atoms with van der Waals surface area (Å²) in [4.78, 5) is 40.5. The number of aromatic nitrogens is 2. The zero-order valence-corrected chi connectivity index (χ0v) is 19.4. The van der Waals surface area contributed by atoms with Crippen LogP contribution in [-0.2, 0) is 11.3 Å². The number of carbonyl (C=O) groups is 2. The summed E-state index contributed by atoms with van der Waals surface area (Å²) in [5, 5.41) is 2.55. The Balaban J connectivity index is 1.84. The van der Waals surface area contributed by atoms with Crippen LogP contribution >= 0.6 is 0 Å². The van der Waals surface area contributed by atoms with Gasteiger partial charge in [-0.25, -0.2) is 10.2 Å². The molecule has 0 atom stereocenters. The molecule has 0 aliphatic rings. The van der Waals surface area contributed by atoms with E-state index >= 15 is 0 Å². The number of nitrogens with one attached hydrogen (secondary N) is 1. The predicted molar refractivity (Wildman–Crippen MR) is 131 cm³/mol. The number of nitroso groups, excluding NO2 is 1. The molecule has 0 unspecified atom stereocenters. The molecule has 0 spiro atoms. The standard InChI is InChI=1S/C26H24N4O5/c1-3-14-35-26-27-22-11-7-10-20(25(32)34-2)23(22)30(26)16-17-12-13-19(18-8-5-4-6-9-18)21(15-17)24(31)28-29-33/h4-13,15H,3,14,16H2,1-2H3,(H,28,31,33). The van der Waals surface area contributed by atoms with Gasteiger partial charge in [0.25, 0.3) is 11.9 Å².